The minimum absolute atomic E-state index is 0. The number of esters is 1. The van der Waals surface area contributed by atoms with E-state index in [0.29, 0.717) is 115 Å². The van der Waals surface area contributed by atoms with Gasteiger partial charge in [-0.3, -0.25) is 53.9 Å². The number of anilines is 2. The summed E-state index contributed by atoms with van der Waals surface area (Å²) in [5.74, 6) is 6.02. The standard InChI is InChI=1S/C18H25N3O4.2C16H23NO2.C15H22N2O2.2C15H21N2O.CH4.2Y/c1-10-7-11(12-5-6-20-9-13(12)19)8-14-15(10)24-16(22)21(14)17(23)25-18(2,3)4;2*1-10-6-13(7-11(2)16(10)19)15-4-5-17-9-14(15)8-12(3)18;1-9-6-12(13-4-5-17-8-14(13)16)7-10(2)15(9)19-11(3)18;2*1-10-5-12(8-14(16)6-10)15-3-4-17-9-13(15)7-11(2)18;;;/h5-6,9-11,14-15H,7-8,19H2,1-4H3;2*4-5,9-11,13,16,19H,6-8H2,1-3H3;4-5,8-10,12,15H,6-7,16H2,1-3H3;2*3-4,6,9-10,12,14H,5,7-8,16H2,1-2H3;1H4;;/q;;;;2*-1;;;/t10-,11+,14+,15-;2*10-,11+,13?,16?;9-,10+,12?,15?;2*10-,12+,14-;;;/m0...00.../s1. The van der Waals surface area contributed by atoms with Gasteiger partial charge >= 0.3 is 18.2 Å². The second-order valence-electron chi connectivity index (χ2n) is 36.7. The van der Waals surface area contributed by atoms with E-state index < -0.39 is 17.8 Å². The van der Waals surface area contributed by atoms with Gasteiger partial charge in [-0.25, -0.2) is 14.5 Å². The Morgan fingerprint density at radius 3 is 1.02 bits per heavy atom. The van der Waals surface area contributed by atoms with Gasteiger partial charge in [0, 0.05) is 160 Å². The molecule has 2 radical (unpaired) electrons. The van der Waals surface area contributed by atoms with Crippen molar-refractivity contribution in [2.75, 3.05) is 11.5 Å². The topological polar surface area (TPSA) is 372 Å². The molecule has 7 fully saturated rings. The molecule has 0 aromatic carbocycles. The molecule has 2 amide bonds. The van der Waals surface area contributed by atoms with E-state index in [-0.39, 0.29) is 156 Å². The summed E-state index contributed by atoms with van der Waals surface area (Å²) in [4.78, 5) is 107. The molecular weight excluding hydrogens is 1680 g/mol. The number of aliphatic hydroxyl groups excluding tert-OH is 2. The Balaban J connectivity index is 0.000000258. The minimum atomic E-state index is -0.676. The van der Waals surface area contributed by atoms with Gasteiger partial charge in [0.1, 0.15) is 40.9 Å². The summed E-state index contributed by atoms with van der Waals surface area (Å²) in [5, 5.41) is 20.1. The summed E-state index contributed by atoms with van der Waals surface area (Å²) in [6.45, 7) is 32.5. The van der Waals surface area contributed by atoms with Crippen LogP contribution in [0.5, 0.6) is 0 Å². The second kappa shape index (κ2) is 49.4. The zero-order valence-electron chi connectivity index (χ0n) is 74.1. The molecule has 0 spiro atoms. The van der Waals surface area contributed by atoms with Crippen LogP contribution >= 0.6 is 0 Å². The molecule has 6 aromatic rings. The fraction of sp³-hybridized carbons (Fsp3) is 0.594. The maximum atomic E-state index is 12.5. The fourth-order valence-corrected chi connectivity index (χ4v) is 19.7. The number of imide groups is 1. The third kappa shape index (κ3) is 31.2. The first-order chi connectivity index (χ1) is 55.7. The number of amides is 2. The van der Waals surface area contributed by atoms with Gasteiger partial charge in [0.05, 0.1) is 42.0 Å². The molecule has 0 bridgehead atoms. The Hall–Kier alpha value is -6.56. The van der Waals surface area contributed by atoms with Crippen LogP contribution in [0.1, 0.15) is 293 Å². The third-order valence-corrected chi connectivity index (χ3v) is 24.7. The summed E-state index contributed by atoms with van der Waals surface area (Å²) in [6.07, 6.45) is 37.3. The van der Waals surface area contributed by atoms with Gasteiger partial charge in [-0.1, -0.05) is 95.4 Å². The number of ketones is 4. The van der Waals surface area contributed by atoms with Crippen LogP contribution < -0.4 is 22.9 Å². The average molecular weight is 1820 g/mol. The normalized spacial score (nSPS) is 29.0. The van der Waals surface area contributed by atoms with Gasteiger partial charge in [-0.2, -0.15) is 11.8 Å². The van der Waals surface area contributed by atoms with E-state index in [4.69, 9.17) is 37.1 Å². The Kier molecular flexibility index (Phi) is 42.8. The van der Waals surface area contributed by atoms with E-state index in [1.807, 2.05) is 80.5 Å². The van der Waals surface area contributed by atoms with Crippen molar-refractivity contribution < 1.29 is 123 Å². The zero-order valence-corrected chi connectivity index (χ0v) is 79.8. The number of ether oxygens (including phenoxy) is 3. The SMILES string of the molecule is C.CC(=O)Cc1cnccc1C1C[C@@H](C)C(O)[C@@H](C)C1.CC(=O)Cc1cnccc1C1C[C@@H](C)C(O)[C@@H](C)C1.CC(=O)Cc1cnccc1[C@@H]1C[C@H](C)[CH-][C@H](N)C1.CC(=O)Cc1cnccc1[C@@H]1C[C@H](C)[CH-][C@H](N)C1.CC(=O)OC1[C@H](C)CC(c2ccncc2N)C[C@@H]1C.C[C@H]1C[C@@H](c2ccncc2N)C[C@@H]2[C@H]1OC(=O)N2C(=O)OC(C)(C)C.[Y].[Y]. The van der Waals surface area contributed by atoms with Crippen molar-refractivity contribution in [2.24, 2.45) is 64.7 Å². The number of rotatable bonds is 15. The molecule has 658 valence electrons. The molecule has 13 rings (SSSR count). The fourth-order valence-electron chi connectivity index (χ4n) is 19.7. The molecule has 22 atom stereocenters. The Morgan fingerprint density at radius 1 is 0.438 bits per heavy atom. The number of nitrogens with zero attached hydrogens (tertiary/aromatic N) is 7. The predicted octanol–water partition coefficient (Wildman–Crippen LogP) is 16.6. The monoisotopic (exact) mass is 1820 g/mol. The summed E-state index contributed by atoms with van der Waals surface area (Å²) >= 11 is 0. The molecule has 7 heterocycles. The van der Waals surface area contributed by atoms with Crippen LogP contribution in [-0.4, -0.2) is 134 Å². The third-order valence-electron chi connectivity index (χ3n) is 24.7. The zero-order chi connectivity index (χ0) is 86.6. The quantitative estimate of drug-likeness (QED) is 0.0316. The molecule has 121 heavy (non-hydrogen) atoms. The molecule has 7 aliphatic rings. The Labute approximate surface area is 771 Å². The number of hydrogen-bond donors (Lipinski definition) is 6. The number of carbonyl (C=O) groups excluding carboxylic acids is 7. The smallest absolute Gasteiger partial charge is 0.420 e. The molecule has 6 aromatic heterocycles. The number of fused-ring (bicyclic) bond motifs is 1. The summed E-state index contributed by atoms with van der Waals surface area (Å²) in [7, 11) is 0. The summed E-state index contributed by atoms with van der Waals surface area (Å²) in [6, 6.07) is 12.1. The van der Waals surface area contributed by atoms with Crippen molar-refractivity contribution in [2.45, 2.75) is 312 Å². The number of nitrogens with two attached hydrogens (primary N) is 4. The number of Topliss-reactive ketones (excluding diaryl/α,β-unsaturated/α-hetero) is 4. The van der Waals surface area contributed by atoms with Crippen LogP contribution in [0, 0.1) is 66.1 Å². The molecule has 1 aliphatic heterocycles. The van der Waals surface area contributed by atoms with Crippen molar-refractivity contribution in [1.82, 2.24) is 34.8 Å². The molecule has 6 aliphatic carbocycles. The van der Waals surface area contributed by atoms with Gasteiger partial charge < -0.3 is 60.2 Å². The van der Waals surface area contributed by atoms with Gasteiger partial charge in [0.2, 0.25) is 0 Å². The predicted molar refractivity (Wildman–Crippen MR) is 467 cm³/mol. The van der Waals surface area contributed by atoms with E-state index in [1.165, 1.54) is 34.7 Å². The van der Waals surface area contributed by atoms with Crippen LogP contribution in [0.2, 0.25) is 0 Å². The van der Waals surface area contributed by atoms with E-state index in [0.717, 1.165) is 109 Å². The van der Waals surface area contributed by atoms with E-state index in [2.05, 4.69) is 98.1 Å². The Bertz CT molecular complexity index is 4100. The van der Waals surface area contributed by atoms with Crippen molar-refractivity contribution in [3.63, 3.8) is 0 Å². The van der Waals surface area contributed by atoms with Crippen LogP contribution in [0.15, 0.2) is 111 Å². The number of nitrogen functional groups attached to an aromatic ring is 2. The van der Waals surface area contributed by atoms with Gasteiger partial charge in [0.25, 0.3) is 0 Å². The van der Waals surface area contributed by atoms with Gasteiger partial charge in [-0.15, -0.1) is 12.1 Å². The number of pyridine rings is 6. The molecule has 25 heteroatoms. The first-order valence-corrected chi connectivity index (χ1v) is 42.8. The van der Waals surface area contributed by atoms with Crippen LogP contribution in [0.3, 0.4) is 0 Å². The van der Waals surface area contributed by atoms with Crippen molar-refractivity contribution in [1.29, 1.82) is 0 Å². The Morgan fingerprint density at radius 2 is 0.719 bits per heavy atom. The number of carbonyl (C=O) groups is 7. The van der Waals surface area contributed by atoms with Gasteiger partial charge in [-0.05, 0) is 269 Å². The maximum Gasteiger partial charge on any atom is 0.420 e. The molecule has 23 nitrogen and oxygen atoms in total. The molecule has 6 unspecified atom stereocenters. The van der Waals surface area contributed by atoms with E-state index in [1.54, 1.807) is 85.6 Å². The van der Waals surface area contributed by atoms with Crippen LogP contribution in [-0.2, 0) is 129 Å². The maximum absolute atomic E-state index is 12.5. The van der Waals surface area contributed by atoms with Crippen molar-refractivity contribution in [3.05, 3.63) is 179 Å². The second-order valence-corrected chi connectivity index (χ2v) is 36.7. The first kappa shape index (κ1) is 105. The number of aromatic nitrogens is 6. The molecule has 10 N–H and O–H groups in total. The van der Waals surface area contributed by atoms with E-state index in [9.17, 15) is 43.8 Å². The summed E-state index contributed by atoms with van der Waals surface area (Å²) < 4.78 is 16.3. The first-order valence-electron chi connectivity index (χ1n) is 42.8. The minimum Gasteiger partial charge on any atom is -0.462 e. The summed E-state index contributed by atoms with van der Waals surface area (Å²) in [5.41, 5.74) is 36.4. The molecular formula is C96H139N11O12Y2-2. The largest absolute Gasteiger partial charge is 0.462 e. The van der Waals surface area contributed by atoms with Crippen LogP contribution in [0.4, 0.5) is 21.0 Å². The van der Waals surface area contributed by atoms with Crippen molar-refractivity contribution in [3.8, 4) is 0 Å². The number of aliphatic hydroxyl groups is 2. The molecule has 1 saturated heterocycles. The van der Waals surface area contributed by atoms with Gasteiger partial charge in [0.15, 0.2) is 0 Å². The van der Waals surface area contributed by atoms with Crippen molar-refractivity contribution >= 4 is 52.7 Å². The average Bonchev–Trinajstić information content (AvgIpc) is 1.59. The van der Waals surface area contributed by atoms with E-state index >= 15 is 0 Å². The molecule has 6 saturated carbocycles. The number of hydrogen-bond acceptors (Lipinski definition) is 22. The van der Waals surface area contributed by atoms with Crippen LogP contribution in [0.25, 0.3) is 0 Å².